The fourth-order valence-corrected chi connectivity index (χ4v) is 1.47. The Kier molecular flexibility index (Phi) is 4.78. The molecule has 0 radical (unpaired) electrons. The van der Waals surface area contributed by atoms with Gasteiger partial charge in [-0.1, -0.05) is 0 Å². The summed E-state index contributed by atoms with van der Waals surface area (Å²) in [5.74, 6) is -0.372. The highest BCUT2D eigenvalue weighted by Crippen LogP contribution is 2.24. The smallest absolute Gasteiger partial charge is 0.337 e. The van der Waals surface area contributed by atoms with Gasteiger partial charge in [0.2, 0.25) is 0 Å². The highest BCUT2D eigenvalue weighted by Gasteiger charge is 2.10. The van der Waals surface area contributed by atoms with E-state index >= 15 is 0 Å². The average Bonchev–Trinajstić information content (AvgIpc) is 2.33. The van der Waals surface area contributed by atoms with Gasteiger partial charge in [0.15, 0.2) is 0 Å². The predicted molar refractivity (Wildman–Crippen MR) is 67.3 cm³/mol. The van der Waals surface area contributed by atoms with Crippen LogP contribution < -0.4 is 11.1 Å². The van der Waals surface area contributed by atoms with Gasteiger partial charge in [0.1, 0.15) is 0 Å². The van der Waals surface area contributed by atoms with Crippen LogP contribution in [0.5, 0.6) is 0 Å². The number of nitrogens with two attached hydrogens (primary N) is 1. The molecule has 0 fully saturated rings. The number of carbonyl (C=O) groups is 1. The topological polar surface area (TPSA) is 73.6 Å². The second-order valence-electron chi connectivity index (χ2n) is 3.67. The standard InChI is InChI=1S/C12H18N2O3/c1-8-6-9(12(15)17-3)7-10(11(8)13)14-4-5-16-2/h6-7,14H,4-5,13H2,1-3H3. The summed E-state index contributed by atoms with van der Waals surface area (Å²) in [5.41, 5.74) is 8.60. The van der Waals surface area contributed by atoms with Crippen molar-refractivity contribution in [2.24, 2.45) is 0 Å². The second-order valence-corrected chi connectivity index (χ2v) is 3.67. The van der Waals surface area contributed by atoms with E-state index in [9.17, 15) is 4.79 Å². The summed E-state index contributed by atoms with van der Waals surface area (Å²) in [6.07, 6.45) is 0. The molecule has 1 aromatic carbocycles. The molecule has 3 N–H and O–H groups in total. The SMILES string of the molecule is COCCNc1cc(C(=O)OC)cc(C)c1N. The molecular formula is C12H18N2O3. The lowest BCUT2D eigenvalue weighted by atomic mass is 10.1. The van der Waals surface area contributed by atoms with Crippen molar-refractivity contribution in [2.75, 3.05) is 38.4 Å². The van der Waals surface area contributed by atoms with Crippen LogP contribution in [0, 0.1) is 6.92 Å². The Bertz CT molecular complexity index is 405. The Balaban J connectivity index is 2.94. The fourth-order valence-electron chi connectivity index (χ4n) is 1.47. The minimum Gasteiger partial charge on any atom is -0.465 e. The summed E-state index contributed by atoms with van der Waals surface area (Å²) >= 11 is 0. The molecule has 94 valence electrons. The van der Waals surface area contributed by atoms with Crippen LogP contribution in [0.4, 0.5) is 11.4 Å². The molecule has 0 saturated carbocycles. The first kappa shape index (κ1) is 13.3. The van der Waals surface area contributed by atoms with Gasteiger partial charge in [-0.3, -0.25) is 0 Å². The molecule has 1 rings (SSSR count). The van der Waals surface area contributed by atoms with Crippen LogP contribution in [0.1, 0.15) is 15.9 Å². The molecule has 5 heteroatoms. The lowest BCUT2D eigenvalue weighted by Crippen LogP contribution is -2.11. The molecule has 17 heavy (non-hydrogen) atoms. The molecule has 1 aromatic rings. The zero-order valence-corrected chi connectivity index (χ0v) is 10.4. The number of nitrogens with one attached hydrogen (secondary N) is 1. The van der Waals surface area contributed by atoms with Crippen molar-refractivity contribution < 1.29 is 14.3 Å². The molecule has 0 unspecified atom stereocenters. The number of methoxy groups -OCH3 is 2. The monoisotopic (exact) mass is 238 g/mol. The van der Waals surface area contributed by atoms with Crippen molar-refractivity contribution >= 4 is 17.3 Å². The number of aryl methyl sites for hydroxylation is 1. The van der Waals surface area contributed by atoms with E-state index < -0.39 is 0 Å². The van der Waals surface area contributed by atoms with E-state index in [0.29, 0.717) is 24.4 Å². The van der Waals surface area contributed by atoms with Crippen molar-refractivity contribution in [3.63, 3.8) is 0 Å². The number of rotatable bonds is 5. The van der Waals surface area contributed by atoms with Gasteiger partial charge in [-0.25, -0.2) is 4.79 Å². The maximum absolute atomic E-state index is 11.4. The van der Waals surface area contributed by atoms with Gasteiger partial charge in [0.25, 0.3) is 0 Å². The van der Waals surface area contributed by atoms with Gasteiger partial charge < -0.3 is 20.5 Å². The molecule has 0 atom stereocenters. The molecule has 0 aliphatic rings. The lowest BCUT2D eigenvalue weighted by molar-refractivity contribution is 0.0600. The average molecular weight is 238 g/mol. The number of esters is 1. The third kappa shape index (κ3) is 3.35. The Labute approximate surface area is 101 Å². The maximum Gasteiger partial charge on any atom is 0.337 e. The minimum absolute atomic E-state index is 0.372. The summed E-state index contributed by atoms with van der Waals surface area (Å²) in [7, 11) is 2.98. The summed E-state index contributed by atoms with van der Waals surface area (Å²) in [6, 6.07) is 3.40. The Morgan fingerprint density at radius 3 is 2.71 bits per heavy atom. The van der Waals surface area contributed by atoms with Crippen LogP contribution in [0.25, 0.3) is 0 Å². The highest BCUT2D eigenvalue weighted by atomic mass is 16.5. The highest BCUT2D eigenvalue weighted by molar-refractivity contribution is 5.92. The van der Waals surface area contributed by atoms with Crippen molar-refractivity contribution in [3.05, 3.63) is 23.3 Å². The first-order chi connectivity index (χ1) is 8.10. The van der Waals surface area contributed by atoms with Crippen LogP contribution >= 0.6 is 0 Å². The molecule has 0 spiro atoms. The zero-order chi connectivity index (χ0) is 12.8. The van der Waals surface area contributed by atoms with Crippen molar-refractivity contribution in [3.8, 4) is 0 Å². The van der Waals surface area contributed by atoms with E-state index in [1.165, 1.54) is 7.11 Å². The number of ether oxygens (including phenoxy) is 2. The fraction of sp³-hybridized carbons (Fsp3) is 0.417. The van der Waals surface area contributed by atoms with E-state index in [2.05, 4.69) is 10.1 Å². The first-order valence-corrected chi connectivity index (χ1v) is 5.31. The maximum atomic E-state index is 11.4. The van der Waals surface area contributed by atoms with Gasteiger partial charge >= 0.3 is 5.97 Å². The van der Waals surface area contributed by atoms with Gasteiger partial charge in [0, 0.05) is 13.7 Å². The van der Waals surface area contributed by atoms with Crippen LogP contribution in [0.2, 0.25) is 0 Å². The van der Waals surface area contributed by atoms with Crippen LogP contribution in [-0.4, -0.2) is 33.3 Å². The predicted octanol–water partition coefficient (Wildman–Crippen LogP) is 1.42. The molecule has 0 aliphatic carbocycles. The molecule has 0 aromatic heterocycles. The number of hydrogen-bond acceptors (Lipinski definition) is 5. The van der Waals surface area contributed by atoms with E-state index in [4.69, 9.17) is 10.5 Å². The molecule has 0 heterocycles. The number of carbonyl (C=O) groups excluding carboxylic acids is 1. The Morgan fingerprint density at radius 2 is 2.12 bits per heavy atom. The summed E-state index contributed by atoms with van der Waals surface area (Å²) in [6.45, 7) is 3.05. The van der Waals surface area contributed by atoms with Gasteiger partial charge in [-0.15, -0.1) is 0 Å². The van der Waals surface area contributed by atoms with E-state index in [1.807, 2.05) is 6.92 Å². The number of benzene rings is 1. The zero-order valence-electron chi connectivity index (χ0n) is 10.4. The second kappa shape index (κ2) is 6.10. The number of hydrogen-bond donors (Lipinski definition) is 2. The van der Waals surface area contributed by atoms with Crippen LogP contribution in [0.15, 0.2) is 12.1 Å². The molecule has 0 saturated heterocycles. The van der Waals surface area contributed by atoms with Crippen LogP contribution in [-0.2, 0) is 9.47 Å². The van der Waals surface area contributed by atoms with Crippen molar-refractivity contribution in [2.45, 2.75) is 6.92 Å². The lowest BCUT2D eigenvalue weighted by Gasteiger charge is -2.12. The van der Waals surface area contributed by atoms with Crippen molar-refractivity contribution in [1.29, 1.82) is 0 Å². The molecular weight excluding hydrogens is 220 g/mol. The normalized spacial score (nSPS) is 10.1. The quantitative estimate of drug-likeness (QED) is 0.461. The third-order valence-corrected chi connectivity index (χ3v) is 2.43. The van der Waals surface area contributed by atoms with Crippen LogP contribution in [0.3, 0.4) is 0 Å². The third-order valence-electron chi connectivity index (χ3n) is 2.43. The summed E-state index contributed by atoms with van der Waals surface area (Å²) in [5, 5.41) is 3.12. The van der Waals surface area contributed by atoms with E-state index in [0.717, 1.165) is 11.3 Å². The number of nitrogen functional groups attached to an aromatic ring is 1. The van der Waals surface area contributed by atoms with Crippen molar-refractivity contribution in [1.82, 2.24) is 0 Å². The summed E-state index contributed by atoms with van der Waals surface area (Å²) in [4.78, 5) is 11.4. The largest absolute Gasteiger partial charge is 0.465 e. The van der Waals surface area contributed by atoms with Gasteiger partial charge in [-0.2, -0.15) is 0 Å². The van der Waals surface area contributed by atoms with Gasteiger partial charge in [0.05, 0.1) is 30.7 Å². The summed E-state index contributed by atoms with van der Waals surface area (Å²) < 4.78 is 9.62. The first-order valence-electron chi connectivity index (χ1n) is 5.31. The number of anilines is 2. The Hall–Kier alpha value is -1.75. The van der Waals surface area contributed by atoms with E-state index in [-0.39, 0.29) is 5.97 Å². The molecule has 0 aliphatic heterocycles. The molecule has 5 nitrogen and oxygen atoms in total. The molecule has 0 amide bonds. The minimum atomic E-state index is -0.372. The van der Waals surface area contributed by atoms with E-state index in [1.54, 1.807) is 19.2 Å². The Morgan fingerprint density at radius 1 is 1.41 bits per heavy atom. The van der Waals surface area contributed by atoms with Gasteiger partial charge in [-0.05, 0) is 24.6 Å². The molecule has 0 bridgehead atoms.